The highest BCUT2D eigenvalue weighted by Crippen LogP contribution is 2.35. The summed E-state index contributed by atoms with van der Waals surface area (Å²) in [5.41, 5.74) is 4.05. The molecule has 0 radical (unpaired) electrons. The summed E-state index contributed by atoms with van der Waals surface area (Å²) in [6.45, 7) is 0. The van der Waals surface area contributed by atoms with Gasteiger partial charge < -0.3 is 0 Å². The van der Waals surface area contributed by atoms with Crippen LogP contribution in [0.2, 0.25) is 0 Å². The molecule has 82 valence electrons. The number of halogens is 3. The molecule has 0 saturated carbocycles. The quantitative estimate of drug-likeness (QED) is 0.316. The fourth-order valence-corrected chi connectivity index (χ4v) is 4.57. The summed E-state index contributed by atoms with van der Waals surface area (Å²) in [6, 6.07) is 6.65. The first-order valence-corrected chi connectivity index (χ1v) is 8.13. The predicted octanol–water partition coefficient (Wildman–Crippen LogP) is 3.42. The van der Waals surface area contributed by atoms with Gasteiger partial charge in [-0.1, -0.05) is 51.7 Å². The Morgan fingerprint density at radius 1 is 1.31 bits per heavy atom. The number of alkyl halides is 1. The van der Waals surface area contributed by atoms with Crippen LogP contribution in [0.4, 0.5) is 0 Å². The van der Waals surface area contributed by atoms with E-state index in [1.807, 2.05) is 0 Å². The van der Waals surface area contributed by atoms with E-state index in [0.29, 0.717) is 4.83 Å². The van der Waals surface area contributed by atoms with Gasteiger partial charge in [0.2, 0.25) is 0 Å². The maximum absolute atomic E-state index is 3.63. The molecule has 0 heterocycles. The van der Waals surface area contributed by atoms with Crippen LogP contribution < -0.4 is 5.46 Å². The van der Waals surface area contributed by atoms with Crippen molar-refractivity contribution >= 4 is 80.0 Å². The van der Waals surface area contributed by atoms with Crippen molar-refractivity contribution in [3.63, 3.8) is 0 Å². The molecule has 0 N–H and O–H groups in total. The van der Waals surface area contributed by atoms with Gasteiger partial charge in [-0.2, -0.15) is 0 Å². The topological polar surface area (TPSA) is 0 Å². The van der Waals surface area contributed by atoms with E-state index in [4.69, 9.17) is 0 Å². The number of hydrogen-bond acceptors (Lipinski definition) is 0. The first kappa shape index (κ1) is 13.1. The molecule has 0 aliphatic heterocycles. The smallest absolute Gasteiger partial charge is 0.0879 e. The van der Waals surface area contributed by atoms with E-state index in [0.717, 1.165) is 6.42 Å². The van der Waals surface area contributed by atoms with Gasteiger partial charge in [-0.3, -0.25) is 0 Å². The number of hydrogen-bond donors (Lipinski definition) is 0. The van der Waals surface area contributed by atoms with Crippen LogP contribution in [-0.2, 0) is 0 Å². The van der Waals surface area contributed by atoms with E-state index in [9.17, 15) is 0 Å². The molecule has 1 atom stereocenters. The maximum atomic E-state index is 3.63. The average Bonchev–Trinajstić information content (AvgIpc) is 2.19. The minimum atomic E-state index is 0.492. The molecule has 1 aromatic rings. The molecule has 0 nitrogen and oxygen atoms in total. The Morgan fingerprint density at radius 2 is 2.06 bits per heavy atom. The van der Waals surface area contributed by atoms with E-state index >= 15 is 0 Å². The highest BCUT2D eigenvalue weighted by molar-refractivity contribution is 14.1. The molecule has 1 unspecified atom stereocenters. The summed E-state index contributed by atoms with van der Waals surface area (Å²) < 4.78 is 2.67. The molecule has 0 amide bonds. The van der Waals surface area contributed by atoms with Crippen molar-refractivity contribution in [2.75, 3.05) is 0 Å². The predicted molar refractivity (Wildman–Crippen MR) is 94.7 cm³/mol. The summed E-state index contributed by atoms with van der Waals surface area (Å²) in [5.74, 6) is 0. The van der Waals surface area contributed by atoms with Crippen molar-refractivity contribution in [1.29, 1.82) is 0 Å². The van der Waals surface area contributed by atoms with Crippen molar-refractivity contribution in [3.05, 3.63) is 43.1 Å². The fraction of sp³-hybridized carbons (Fsp3) is 0.167. The number of rotatable bonds is 1. The lowest BCUT2D eigenvalue weighted by Gasteiger charge is -2.16. The van der Waals surface area contributed by atoms with Gasteiger partial charge in [0.25, 0.3) is 0 Å². The Balaban J connectivity index is 2.42. The van der Waals surface area contributed by atoms with Gasteiger partial charge in [-0.05, 0) is 62.7 Å². The highest BCUT2D eigenvalue weighted by Gasteiger charge is 2.15. The van der Waals surface area contributed by atoms with Crippen LogP contribution in [0.15, 0.2) is 33.9 Å². The molecule has 0 bridgehead atoms. The second-order valence-electron chi connectivity index (χ2n) is 3.87. The van der Waals surface area contributed by atoms with Crippen LogP contribution in [-0.4, -0.2) is 12.7 Å². The standard InChI is InChI=1S/C12H10BBrI2/c13-7-1-3-9(11(15)5-7)10-4-2-8(14)6-12(10)16/h1,3-6,8H,2,13H2. The third-order valence-corrected chi connectivity index (χ3v) is 5.02. The van der Waals surface area contributed by atoms with Crippen LogP contribution in [0.5, 0.6) is 0 Å². The maximum Gasteiger partial charge on any atom is 0.139 e. The molecular weight excluding hydrogens is 489 g/mol. The molecule has 1 aliphatic carbocycles. The minimum Gasteiger partial charge on any atom is -0.0879 e. The number of allylic oxidation sites excluding steroid dienone is 4. The van der Waals surface area contributed by atoms with Crippen molar-refractivity contribution in [3.8, 4) is 0 Å². The molecule has 0 spiro atoms. The Labute approximate surface area is 133 Å². The van der Waals surface area contributed by atoms with E-state index in [2.05, 4.69) is 99.3 Å². The van der Waals surface area contributed by atoms with Crippen molar-refractivity contribution in [2.45, 2.75) is 11.2 Å². The van der Waals surface area contributed by atoms with Gasteiger partial charge in [0.05, 0.1) is 0 Å². The Hall–Kier alpha value is 0.705. The largest absolute Gasteiger partial charge is 0.139 e. The third kappa shape index (κ3) is 2.93. The SMILES string of the molecule is Bc1ccc(C2=CCC(Br)C=C2I)c(I)c1. The monoisotopic (exact) mass is 498 g/mol. The normalized spacial score (nSPS) is 20.3. The van der Waals surface area contributed by atoms with Gasteiger partial charge in [0.1, 0.15) is 7.85 Å². The van der Waals surface area contributed by atoms with Gasteiger partial charge in [-0.15, -0.1) is 0 Å². The molecule has 0 saturated heterocycles. The average molecular weight is 499 g/mol. The zero-order chi connectivity index (χ0) is 11.7. The fourth-order valence-electron chi connectivity index (χ4n) is 1.72. The molecule has 0 aromatic heterocycles. The molecule has 4 heteroatoms. The minimum absolute atomic E-state index is 0.492. The Morgan fingerprint density at radius 3 is 2.69 bits per heavy atom. The molecule has 0 fully saturated rings. The second kappa shape index (κ2) is 5.56. The van der Waals surface area contributed by atoms with Crippen molar-refractivity contribution in [2.24, 2.45) is 0 Å². The van der Waals surface area contributed by atoms with E-state index in [1.165, 1.54) is 23.7 Å². The lowest BCUT2D eigenvalue weighted by Crippen LogP contribution is -2.05. The van der Waals surface area contributed by atoms with E-state index < -0.39 is 0 Å². The zero-order valence-electron chi connectivity index (χ0n) is 8.81. The van der Waals surface area contributed by atoms with Crippen LogP contribution in [0.3, 0.4) is 0 Å². The molecule has 16 heavy (non-hydrogen) atoms. The van der Waals surface area contributed by atoms with Crippen LogP contribution in [0.1, 0.15) is 12.0 Å². The third-order valence-electron chi connectivity index (χ3n) is 2.55. The van der Waals surface area contributed by atoms with Crippen molar-refractivity contribution in [1.82, 2.24) is 0 Å². The van der Waals surface area contributed by atoms with Crippen LogP contribution in [0.25, 0.3) is 5.57 Å². The molecule has 1 aliphatic rings. The summed E-state index contributed by atoms with van der Waals surface area (Å²) in [7, 11) is 2.14. The summed E-state index contributed by atoms with van der Waals surface area (Å²) in [6.07, 6.45) is 5.69. The lowest BCUT2D eigenvalue weighted by atomic mass is 9.92. The Bertz CT molecular complexity index is 480. The molecule has 2 rings (SSSR count). The van der Waals surface area contributed by atoms with E-state index in [-0.39, 0.29) is 0 Å². The zero-order valence-corrected chi connectivity index (χ0v) is 14.7. The summed E-state index contributed by atoms with van der Waals surface area (Å²) in [5, 5.41) is 0. The second-order valence-corrected chi connectivity index (χ2v) is 7.37. The van der Waals surface area contributed by atoms with Gasteiger partial charge in [0, 0.05) is 12.0 Å². The molecule has 1 aromatic carbocycles. The van der Waals surface area contributed by atoms with Gasteiger partial charge in [0.15, 0.2) is 0 Å². The first-order valence-electron chi connectivity index (χ1n) is 5.06. The van der Waals surface area contributed by atoms with Gasteiger partial charge >= 0.3 is 0 Å². The first-order chi connectivity index (χ1) is 7.58. The lowest BCUT2D eigenvalue weighted by molar-refractivity contribution is 1.08. The summed E-state index contributed by atoms with van der Waals surface area (Å²) >= 11 is 8.47. The van der Waals surface area contributed by atoms with Crippen LogP contribution in [0, 0.1) is 3.57 Å². The summed E-state index contributed by atoms with van der Waals surface area (Å²) in [4.78, 5) is 0.492. The highest BCUT2D eigenvalue weighted by atomic mass is 127. The van der Waals surface area contributed by atoms with E-state index in [1.54, 1.807) is 0 Å². The Kier molecular flexibility index (Phi) is 4.57. The van der Waals surface area contributed by atoms with Gasteiger partial charge in [-0.25, -0.2) is 0 Å². The number of benzene rings is 1. The van der Waals surface area contributed by atoms with Crippen LogP contribution >= 0.6 is 61.1 Å². The van der Waals surface area contributed by atoms with Crippen molar-refractivity contribution < 1.29 is 0 Å². The molecular formula is C12H10BBrI2.